The second kappa shape index (κ2) is 13.5. The number of hydrogen-bond donors (Lipinski definition) is 0. The van der Waals surface area contributed by atoms with Crippen LogP contribution < -0.4 is 0 Å². The van der Waals surface area contributed by atoms with E-state index in [1.807, 2.05) is 0 Å². The van der Waals surface area contributed by atoms with Crippen molar-refractivity contribution in [3.8, 4) is 11.8 Å². The van der Waals surface area contributed by atoms with Crippen LogP contribution in [0.25, 0.3) is 0 Å². The number of unbranched alkanes of at least 4 members (excludes halogenated alkanes) is 5. The Morgan fingerprint density at radius 1 is 0.933 bits per heavy atom. The van der Waals surface area contributed by atoms with E-state index in [4.69, 9.17) is 9.47 Å². The molecule has 88 valence electrons. The number of hydrogen-bond acceptors (Lipinski definition) is 2. The van der Waals surface area contributed by atoms with Crippen LogP contribution >= 0.6 is 0 Å². The molecular weight excluding hydrogens is 188 g/mol. The third-order valence-electron chi connectivity index (χ3n) is 2.10. The molecule has 0 rings (SSSR count). The van der Waals surface area contributed by atoms with Crippen LogP contribution in [-0.4, -0.2) is 20.5 Å². The van der Waals surface area contributed by atoms with Crippen molar-refractivity contribution in [3.63, 3.8) is 0 Å². The molecule has 0 aromatic rings. The molecule has 0 bridgehead atoms. The largest absolute Gasteiger partial charge is 0.359 e. The average molecular weight is 212 g/mol. The van der Waals surface area contributed by atoms with E-state index in [-0.39, 0.29) is 0 Å². The van der Waals surface area contributed by atoms with Gasteiger partial charge in [0.15, 0.2) is 0 Å². The molecule has 0 atom stereocenters. The first kappa shape index (κ1) is 14.5. The molecule has 0 aromatic carbocycles. The molecular formula is C13H24O2. The third-order valence-corrected chi connectivity index (χ3v) is 2.10. The average Bonchev–Trinajstić information content (AvgIpc) is 2.26. The lowest BCUT2D eigenvalue weighted by atomic mass is 10.1. The molecule has 0 amide bonds. The summed E-state index contributed by atoms with van der Waals surface area (Å²) < 4.78 is 9.87. The zero-order valence-corrected chi connectivity index (χ0v) is 10.2. The van der Waals surface area contributed by atoms with Crippen LogP contribution in [-0.2, 0) is 9.47 Å². The SMILES string of the molecule is CCCCCCCC#CCCOCOC. The molecule has 0 aromatic heterocycles. The van der Waals surface area contributed by atoms with Crippen LogP contribution in [0.4, 0.5) is 0 Å². The highest BCUT2D eigenvalue weighted by atomic mass is 16.7. The Kier molecular flexibility index (Phi) is 13.0. The van der Waals surface area contributed by atoms with Gasteiger partial charge < -0.3 is 9.47 Å². The maximum Gasteiger partial charge on any atom is 0.146 e. The smallest absolute Gasteiger partial charge is 0.146 e. The summed E-state index contributed by atoms with van der Waals surface area (Å²) >= 11 is 0. The Morgan fingerprint density at radius 2 is 1.67 bits per heavy atom. The van der Waals surface area contributed by atoms with Crippen molar-refractivity contribution < 1.29 is 9.47 Å². The maximum atomic E-state index is 5.12. The lowest BCUT2D eigenvalue weighted by Gasteiger charge is -1.97. The highest BCUT2D eigenvalue weighted by molar-refractivity contribution is 4.98. The van der Waals surface area contributed by atoms with Crippen molar-refractivity contribution in [2.45, 2.75) is 51.9 Å². The minimum Gasteiger partial charge on any atom is -0.359 e. The summed E-state index contributed by atoms with van der Waals surface area (Å²) in [5.41, 5.74) is 0. The van der Waals surface area contributed by atoms with Gasteiger partial charge in [0, 0.05) is 20.0 Å². The van der Waals surface area contributed by atoms with E-state index in [1.54, 1.807) is 7.11 Å². The van der Waals surface area contributed by atoms with E-state index in [0.29, 0.717) is 13.4 Å². The highest BCUT2D eigenvalue weighted by Crippen LogP contribution is 2.03. The minimum absolute atomic E-state index is 0.374. The molecule has 0 radical (unpaired) electrons. The lowest BCUT2D eigenvalue weighted by Crippen LogP contribution is -1.96. The summed E-state index contributed by atoms with van der Waals surface area (Å²) in [6, 6.07) is 0. The van der Waals surface area contributed by atoms with E-state index in [0.717, 1.165) is 12.8 Å². The fraction of sp³-hybridized carbons (Fsp3) is 0.846. The van der Waals surface area contributed by atoms with Crippen LogP contribution in [0.15, 0.2) is 0 Å². The molecule has 2 heteroatoms. The van der Waals surface area contributed by atoms with E-state index < -0.39 is 0 Å². The molecule has 2 nitrogen and oxygen atoms in total. The van der Waals surface area contributed by atoms with Gasteiger partial charge >= 0.3 is 0 Å². The van der Waals surface area contributed by atoms with Crippen molar-refractivity contribution in [1.82, 2.24) is 0 Å². The van der Waals surface area contributed by atoms with Gasteiger partial charge in [-0.1, -0.05) is 32.6 Å². The first-order valence-electron chi connectivity index (χ1n) is 5.94. The second-order valence-corrected chi connectivity index (χ2v) is 3.58. The van der Waals surface area contributed by atoms with Crippen molar-refractivity contribution in [3.05, 3.63) is 0 Å². The third kappa shape index (κ3) is 13.5. The Morgan fingerprint density at radius 3 is 2.40 bits per heavy atom. The number of methoxy groups -OCH3 is 1. The molecule has 0 fully saturated rings. The second-order valence-electron chi connectivity index (χ2n) is 3.58. The zero-order valence-electron chi connectivity index (χ0n) is 10.2. The van der Waals surface area contributed by atoms with Crippen LogP contribution in [0.2, 0.25) is 0 Å². The first-order valence-corrected chi connectivity index (χ1v) is 5.94. The highest BCUT2D eigenvalue weighted by Gasteiger charge is 1.86. The predicted molar refractivity (Wildman–Crippen MR) is 63.6 cm³/mol. The van der Waals surface area contributed by atoms with Gasteiger partial charge in [-0.2, -0.15) is 0 Å². The molecule has 0 saturated heterocycles. The molecule has 0 saturated carbocycles. The lowest BCUT2D eigenvalue weighted by molar-refractivity contribution is -0.0281. The fourth-order valence-corrected chi connectivity index (χ4v) is 1.26. The Labute approximate surface area is 94.3 Å². The van der Waals surface area contributed by atoms with Crippen LogP contribution in [0, 0.1) is 11.8 Å². The predicted octanol–water partition coefficient (Wildman–Crippen LogP) is 3.36. The summed E-state index contributed by atoms with van der Waals surface area (Å²) in [7, 11) is 1.63. The summed E-state index contributed by atoms with van der Waals surface area (Å²) in [6.45, 7) is 3.29. The quantitative estimate of drug-likeness (QED) is 0.331. The summed E-state index contributed by atoms with van der Waals surface area (Å²) in [5, 5.41) is 0. The Bertz CT molecular complexity index is 167. The monoisotopic (exact) mass is 212 g/mol. The molecule has 15 heavy (non-hydrogen) atoms. The molecule has 0 aliphatic carbocycles. The molecule has 0 aliphatic rings. The summed E-state index contributed by atoms with van der Waals surface area (Å²) in [4.78, 5) is 0. The summed E-state index contributed by atoms with van der Waals surface area (Å²) in [6.07, 6.45) is 8.44. The van der Waals surface area contributed by atoms with Gasteiger partial charge in [-0.25, -0.2) is 0 Å². The van der Waals surface area contributed by atoms with E-state index in [2.05, 4.69) is 18.8 Å². The van der Waals surface area contributed by atoms with E-state index in [1.165, 1.54) is 32.1 Å². The summed E-state index contributed by atoms with van der Waals surface area (Å²) in [5.74, 6) is 6.27. The van der Waals surface area contributed by atoms with Crippen LogP contribution in [0.5, 0.6) is 0 Å². The molecule has 0 heterocycles. The first-order chi connectivity index (χ1) is 7.41. The van der Waals surface area contributed by atoms with Gasteiger partial charge in [0.05, 0.1) is 6.61 Å². The van der Waals surface area contributed by atoms with Crippen molar-refractivity contribution in [2.75, 3.05) is 20.5 Å². The van der Waals surface area contributed by atoms with Gasteiger partial charge in [0.25, 0.3) is 0 Å². The fourth-order valence-electron chi connectivity index (χ4n) is 1.26. The van der Waals surface area contributed by atoms with E-state index >= 15 is 0 Å². The normalized spacial score (nSPS) is 9.73. The van der Waals surface area contributed by atoms with Gasteiger partial charge in [-0.3, -0.25) is 0 Å². The van der Waals surface area contributed by atoms with Gasteiger partial charge in [0.2, 0.25) is 0 Å². The minimum atomic E-state index is 0.374. The zero-order chi connectivity index (χ0) is 11.2. The van der Waals surface area contributed by atoms with Crippen LogP contribution in [0.1, 0.15) is 51.9 Å². The molecule has 0 aliphatic heterocycles. The Balaban J connectivity index is 3.03. The standard InChI is InChI=1S/C13H24O2/c1-3-4-5-6-7-8-9-10-11-12-15-13-14-2/h3-8,11-13H2,1-2H3. The molecule has 0 spiro atoms. The van der Waals surface area contributed by atoms with Crippen molar-refractivity contribution in [2.24, 2.45) is 0 Å². The topological polar surface area (TPSA) is 18.5 Å². The van der Waals surface area contributed by atoms with Crippen molar-refractivity contribution in [1.29, 1.82) is 0 Å². The number of rotatable bonds is 9. The Hall–Kier alpha value is -0.520. The van der Waals surface area contributed by atoms with Gasteiger partial charge in [0.1, 0.15) is 6.79 Å². The van der Waals surface area contributed by atoms with Gasteiger partial charge in [-0.05, 0) is 6.42 Å². The maximum absolute atomic E-state index is 5.12. The van der Waals surface area contributed by atoms with Crippen LogP contribution in [0.3, 0.4) is 0 Å². The molecule has 0 N–H and O–H groups in total. The molecule has 0 unspecified atom stereocenters. The number of ether oxygens (including phenoxy) is 2. The van der Waals surface area contributed by atoms with Crippen molar-refractivity contribution >= 4 is 0 Å². The van der Waals surface area contributed by atoms with Gasteiger partial charge in [-0.15, -0.1) is 11.8 Å². The van der Waals surface area contributed by atoms with E-state index in [9.17, 15) is 0 Å².